The number of nitrogens with one attached hydrogen (secondary N) is 2. The zero-order valence-corrected chi connectivity index (χ0v) is 15.5. The molecule has 1 atom stereocenters. The molecule has 1 saturated heterocycles. The molecule has 2 N–H and O–H groups in total. The number of benzene rings is 1. The highest BCUT2D eigenvalue weighted by molar-refractivity contribution is 5.81. The molecule has 1 aliphatic carbocycles. The largest absolute Gasteiger partial charge is 0.355 e. The number of nitrogens with zero attached hydrogens (tertiary/aromatic N) is 1. The van der Waals surface area contributed by atoms with Crippen molar-refractivity contribution < 1.29 is 4.39 Å². The van der Waals surface area contributed by atoms with Crippen LogP contribution in [0.15, 0.2) is 85.1 Å². The molecule has 1 heterocycles. The van der Waals surface area contributed by atoms with E-state index < -0.39 is 0 Å². The number of fused-ring (bicyclic) bond motifs is 1. The number of hydrogen-bond donors (Lipinski definition) is 2. The Balaban J connectivity index is 1.90. The number of likely N-dealkylation sites (tertiary alicyclic amines) is 1. The van der Waals surface area contributed by atoms with E-state index in [1.54, 1.807) is 12.1 Å². The van der Waals surface area contributed by atoms with Gasteiger partial charge in [0.15, 0.2) is 0 Å². The topological polar surface area (TPSA) is 39.1 Å². The molecule has 0 bridgehead atoms. The van der Waals surface area contributed by atoms with Crippen LogP contribution in [0, 0.1) is 16.6 Å². The SMILES string of the molecule is C=CC(C=C)N1CCC2=CC(Nc3ccc(F)cc3)=C(C=N)CC2(C=C)C1. The van der Waals surface area contributed by atoms with Crippen LogP contribution in [0.3, 0.4) is 0 Å². The van der Waals surface area contributed by atoms with Crippen LogP contribution in [0.2, 0.25) is 0 Å². The molecule has 2 aliphatic rings. The van der Waals surface area contributed by atoms with Gasteiger partial charge >= 0.3 is 0 Å². The molecule has 3 nitrogen and oxygen atoms in total. The minimum atomic E-state index is -0.263. The van der Waals surface area contributed by atoms with Gasteiger partial charge in [-0.1, -0.05) is 23.8 Å². The number of anilines is 1. The van der Waals surface area contributed by atoms with E-state index in [1.165, 1.54) is 23.9 Å². The van der Waals surface area contributed by atoms with E-state index in [0.717, 1.165) is 36.5 Å². The maximum atomic E-state index is 13.2. The van der Waals surface area contributed by atoms with Gasteiger partial charge in [0.25, 0.3) is 0 Å². The van der Waals surface area contributed by atoms with Crippen molar-refractivity contribution in [2.75, 3.05) is 18.4 Å². The number of rotatable bonds is 7. The average molecular weight is 363 g/mol. The first kappa shape index (κ1) is 19.1. The van der Waals surface area contributed by atoms with Gasteiger partial charge in [0.05, 0.1) is 0 Å². The summed E-state index contributed by atoms with van der Waals surface area (Å²) in [6, 6.07) is 6.41. The molecule has 0 aromatic heterocycles. The van der Waals surface area contributed by atoms with E-state index in [2.05, 4.69) is 36.0 Å². The van der Waals surface area contributed by atoms with Crippen LogP contribution in [-0.2, 0) is 0 Å². The normalized spacial score (nSPS) is 22.7. The molecule has 0 spiro atoms. The second-order valence-corrected chi connectivity index (χ2v) is 7.10. The fraction of sp³-hybridized carbons (Fsp3) is 0.261. The molecule has 0 saturated carbocycles. The fourth-order valence-electron chi connectivity index (χ4n) is 3.99. The van der Waals surface area contributed by atoms with Crippen molar-refractivity contribution >= 4 is 11.9 Å². The van der Waals surface area contributed by atoms with Gasteiger partial charge in [-0.25, -0.2) is 4.39 Å². The Labute approximate surface area is 160 Å². The summed E-state index contributed by atoms with van der Waals surface area (Å²) in [7, 11) is 0. The molecule has 1 aromatic rings. The van der Waals surface area contributed by atoms with E-state index in [9.17, 15) is 4.39 Å². The van der Waals surface area contributed by atoms with Gasteiger partial charge in [0.2, 0.25) is 0 Å². The highest BCUT2D eigenvalue weighted by Gasteiger charge is 2.41. The monoisotopic (exact) mass is 363 g/mol. The highest BCUT2D eigenvalue weighted by atomic mass is 19.1. The Kier molecular flexibility index (Phi) is 5.57. The molecule has 0 radical (unpaired) electrons. The van der Waals surface area contributed by atoms with Crippen molar-refractivity contribution in [1.29, 1.82) is 5.41 Å². The Bertz CT molecular complexity index is 811. The highest BCUT2D eigenvalue weighted by Crippen LogP contribution is 2.46. The number of hydrogen-bond acceptors (Lipinski definition) is 3. The van der Waals surface area contributed by atoms with E-state index in [4.69, 9.17) is 5.41 Å². The lowest BCUT2D eigenvalue weighted by atomic mass is 9.68. The summed E-state index contributed by atoms with van der Waals surface area (Å²) in [5, 5.41) is 11.3. The molecular formula is C23H26FN3. The molecule has 1 aliphatic heterocycles. The lowest BCUT2D eigenvalue weighted by Gasteiger charge is -2.47. The van der Waals surface area contributed by atoms with Crippen molar-refractivity contribution in [3.63, 3.8) is 0 Å². The van der Waals surface area contributed by atoms with Crippen molar-refractivity contribution in [3.05, 3.63) is 91.0 Å². The zero-order valence-electron chi connectivity index (χ0n) is 15.5. The van der Waals surface area contributed by atoms with Crippen LogP contribution in [-0.4, -0.2) is 30.2 Å². The number of allylic oxidation sites excluding steroid dienone is 2. The summed E-state index contributed by atoms with van der Waals surface area (Å²) >= 11 is 0. The van der Waals surface area contributed by atoms with Gasteiger partial charge in [0, 0.05) is 42.1 Å². The summed E-state index contributed by atoms with van der Waals surface area (Å²) in [6.45, 7) is 13.7. The summed E-state index contributed by atoms with van der Waals surface area (Å²) in [4.78, 5) is 2.36. The smallest absolute Gasteiger partial charge is 0.123 e. The van der Waals surface area contributed by atoms with E-state index in [0.29, 0.717) is 6.42 Å². The van der Waals surface area contributed by atoms with Crippen LogP contribution >= 0.6 is 0 Å². The minimum absolute atomic E-state index is 0.134. The van der Waals surface area contributed by atoms with Crippen molar-refractivity contribution in [2.45, 2.75) is 18.9 Å². The van der Waals surface area contributed by atoms with Crippen molar-refractivity contribution in [1.82, 2.24) is 4.90 Å². The van der Waals surface area contributed by atoms with E-state index >= 15 is 0 Å². The molecule has 4 heteroatoms. The first-order valence-corrected chi connectivity index (χ1v) is 9.15. The van der Waals surface area contributed by atoms with Gasteiger partial charge in [-0.3, -0.25) is 4.90 Å². The first-order chi connectivity index (χ1) is 13.0. The molecule has 140 valence electrons. The van der Waals surface area contributed by atoms with E-state index in [-0.39, 0.29) is 17.3 Å². The number of halogens is 1. The van der Waals surface area contributed by atoms with Gasteiger partial charge in [-0.15, -0.1) is 19.7 Å². The number of piperidine rings is 1. The quantitative estimate of drug-likeness (QED) is 0.523. The molecule has 0 amide bonds. The van der Waals surface area contributed by atoms with Gasteiger partial charge in [-0.2, -0.15) is 0 Å². The zero-order chi connectivity index (χ0) is 19.4. The fourth-order valence-corrected chi connectivity index (χ4v) is 3.99. The van der Waals surface area contributed by atoms with Crippen LogP contribution < -0.4 is 5.32 Å². The first-order valence-electron chi connectivity index (χ1n) is 9.15. The lowest BCUT2D eigenvalue weighted by molar-refractivity contribution is 0.161. The van der Waals surface area contributed by atoms with Crippen LogP contribution in [0.4, 0.5) is 10.1 Å². The molecule has 1 unspecified atom stereocenters. The summed E-state index contributed by atoms with van der Waals surface area (Å²) in [5.41, 5.74) is 3.75. The molecule has 1 aromatic carbocycles. The summed E-state index contributed by atoms with van der Waals surface area (Å²) in [5.74, 6) is -0.263. The third-order valence-electron chi connectivity index (χ3n) is 5.56. The molecular weight excluding hydrogens is 337 g/mol. The Morgan fingerprint density at radius 3 is 2.48 bits per heavy atom. The predicted octanol–water partition coefficient (Wildman–Crippen LogP) is 5.09. The summed E-state index contributed by atoms with van der Waals surface area (Å²) in [6.07, 6.45) is 11.0. The standard InChI is InChI=1S/C23H26FN3/c1-4-21(5-2)27-12-11-18-13-22(26-20-9-7-19(24)8-10-20)17(15-25)14-23(18,6-3)16-27/h4-10,13,15,21,25-26H,1-3,11-12,14,16H2. The predicted molar refractivity (Wildman–Crippen MR) is 112 cm³/mol. The third kappa shape index (κ3) is 3.71. The third-order valence-corrected chi connectivity index (χ3v) is 5.56. The second-order valence-electron chi connectivity index (χ2n) is 7.10. The molecule has 3 rings (SSSR count). The van der Waals surface area contributed by atoms with Crippen LogP contribution in [0.5, 0.6) is 0 Å². The van der Waals surface area contributed by atoms with Gasteiger partial charge in [0.1, 0.15) is 5.82 Å². The Morgan fingerprint density at radius 2 is 1.89 bits per heavy atom. The van der Waals surface area contributed by atoms with Crippen LogP contribution in [0.25, 0.3) is 0 Å². The maximum Gasteiger partial charge on any atom is 0.123 e. The second kappa shape index (κ2) is 7.89. The van der Waals surface area contributed by atoms with Gasteiger partial charge < -0.3 is 10.7 Å². The molecule has 27 heavy (non-hydrogen) atoms. The maximum absolute atomic E-state index is 13.2. The van der Waals surface area contributed by atoms with Crippen LogP contribution in [0.1, 0.15) is 12.8 Å². The minimum Gasteiger partial charge on any atom is -0.355 e. The van der Waals surface area contributed by atoms with Gasteiger partial charge in [-0.05, 0) is 48.8 Å². The van der Waals surface area contributed by atoms with Crippen molar-refractivity contribution in [2.24, 2.45) is 5.41 Å². The Morgan fingerprint density at radius 1 is 1.19 bits per heavy atom. The average Bonchev–Trinajstić information content (AvgIpc) is 2.70. The lowest BCUT2D eigenvalue weighted by Crippen LogP contribution is -2.48. The summed E-state index contributed by atoms with van der Waals surface area (Å²) < 4.78 is 13.2. The Hall–Kier alpha value is -2.72. The van der Waals surface area contributed by atoms with E-state index in [1.807, 2.05) is 18.2 Å². The molecule has 1 fully saturated rings. The van der Waals surface area contributed by atoms with Crippen molar-refractivity contribution in [3.8, 4) is 0 Å².